The molecule has 2 N–H and O–H groups in total. The van der Waals surface area contributed by atoms with Crippen LogP contribution < -0.4 is 15.4 Å². The van der Waals surface area contributed by atoms with Crippen molar-refractivity contribution in [2.45, 2.75) is 13.0 Å². The molecule has 0 aliphatic carbocycles. The summed E-state index contributed by atoms with van der Waals surface area (Å²) in [6, 6.07) is 5.89. The highest BCUT2D eigenvalue weighted by atomic mass is 32.1. The summed E-state index contributed by atoms with van der Waals surface area (Å²) in [7, 11) is 1.54. The second-order valence-electron chi connectivity index (χ2n) is 4.44. The number of nitrogens with one attached hydrogen (secondary N) is 2. The molecule has 1 aromatic carbocycles. The van der Waals surface area contributed by atoms with E-state index in [1.165, 1.54) is 6.08 Å². The molecule has 0 heterocycles. The second-order valence-corrected chi connectivity index (χ2v) is 4.85. The Bertz CT molecular complexity index is 589. The number of carbonyl (C=O) groups is 2. The van der Waals surface area contributed by atoms with Crippen LogP contribution in [-0.2, 0) is 14.3 Å². The minimum Gasteiger partial charge on any atom is -0.497 e. The second kappa shape index (κ2) is 10.2. The number of amides is 1. The van der Waals surface area contributed by atoms with Gasteiger partial charge in [-0.1, -0.05) is 24.8 Å². The molecule has 8 heteroatoms. The van der Waals surface area contributed by atoms with Gasteiger partial charge in [0.1, 0.15) is 12.4 Å². The number of hydrogen-bond acceptors (Lipinski definition) is 6. The molecule has 24 heavy (non-hydrogen) atoms. The van der Waals surface area contributed by atoms with E-state index in [2.05, 4.69) is 17.2 Å². The number of rotatable bonds is 7. The largest absolute Gasteiger partial charge is 0.497 e. The van der Waals surface area contributed by atoms with Crippen molar-refractivity contribution in [2.24, 2.45) is 0 Å². The van der Waals surface area contributed by atoms with E-state index >= 15 is 0 Å². The molecule has 0 radical (unpaired) electrons. The van der Waals surface area contributed by atoms with E-state index in [0.717, 1.165) is 0 Å². The minimum absolute atomic E-state index is 0.0511. The maximum Gasteiger partial charge on any atom is 0.413 e. The van der Waals surface area contributed by atoms with Gasteiger partial charge in [0.2, 0.25) is 0 Å². The number of methoxy groups -OCH3 is 1. The van der Waals surface area contributed by atoms with Crippen LogP contribution in [0.2, 0.25) is 0 Å². The Morgan fingerprint density at radius 3 is 2.50 bits per heavy atom. The van der Waals surface area contributed by atoms with Gasteiger partial charge in [0, 0.05) is 0 Å². The number of ether oxygens (including phenoxy) is 3. The molecular formula is C16H20N2O5S. The van der Waals surface area contributed by atoms with Crippen molar-refractivity contribution < 1.29 is 23.8 Å². The number of alkyl carbamates (subject to hydrolysis) is 1. The first kappa shape index (κ1) is 19.4. The zero-order valence-electron chi connectivity index (χ0n) is 13.5. The molecule has 0 spiro atoms. The van der Waals surface area contributed by atoms with Gasteiger partial charge in [0.25, 0.3) is 0 Å². The molecule has 1 atom stereocenters. The zero-order chi connectivity index (χ0) is 17.9. The van der Waals surface area contributed by atoms with E-state index in [9.17, 15) is 9.59 Å². The molecule has 1 aromatic rings. The minimum atomic E-state index is -0.898. The van der Waals surface area contributed by atoms with E-state index in [1.807, 2.05) is 0 Å². The maximum atomic E-state index is 12.2. The van der Waals surface area contributed by atoms with Crippen molar-refractivity contribution in [3.05, 3.63) is 42.5 Å². The van der Waals surface area contributed by atoms with Crippen molar-refractivity contribution in [2.75, 3.05) is 20.3 Å². The Labute approximate surface area is 146 Å². The highest BCUT2D eigenvalue weighted by Gasteiger charge is 2.23. The number of benzene rings is 1. The predicted molar refractivity (Wildman–Crippen MR) is 92.8 cm³/mol. The van der Waals surface area contributed by atoms with Gasteiger partial charge < -0.3 is 19.5 Å². The highest BCUT2D eigenvalue weighted by molar-refractivity contribution is 7.80. The van der Waals surface area contributed by atoms with Crippen LogP contribution in [0.4, 0.5) is 4.79 Å². The Balaban J connectivity index is 2.87. The van der Waals surface area contributed by atoms with Crippen LogP contribution >= 0.6 is 12.2 Å². The van der Waals surface area contributed by atoms with Gasteiger partial charge in [-0.2, -0.15) is 0 Å². The molecular weight excluding hydrogens is 332 g/mol. The van der Waals surface area contributed by atoms with Crippen molar-refractivity contribution >= 4 is 29.4 Å². The first-order valence-corrected chi connectivity index (χ1v) is 7.58. The quantitative estimate of drug-likeness (QED) is 0.441. The monoisotopic (exact) mass is 352 g/mol. The standard InChI is InChI=1S/C16H20N2O5S/c1-4-10-23-14(19)13(11-6-8-12(21-3)9-7-11)17-15(24)18-16(20)22-5-2/h4,6-9,13H,1,5,10H2,2-3H3,(H2,17,18,20,24). The van der Waals surface area contributed by atoms with Gasteiger partial charge in [0.05, 0.1) is 13.7 Å². The van der Waals surface area contributed by atoms with Gasteiger partial charge in [-0.15, -0.1) is 0 Å². The summed E-state index contributed by atoms with van der Waals surface area (Å²) in [4.78, 5) is 23.6. The Morgan fingerprint density at radius 1 is 1.29 bits per heavy atom. The molecule has 0 saturated heterocycles. The van der Waals surface area contributed by atoms with E-state index in [4.69, 9.17) is 26.4 Å². The summed E-state index contributed by atoms with van der Waals surface area (Å²) in [5, 5.41) is 5.01. The van der Waals surface area contributed by atoms with Crippen LogP contribution in [0, 0.1) is 0 Å². The van der Waals surface area contributed by atoms with Gasteiger partial charge in [-0.05, 0) is 36.8 Å². The molecule has 1 amide bonds. The van der Waals surface area contributed by atoms with E-state index < -0.39 is 18.1 Å². The lowest BCUT2D eigenvalue weighted by Gasteiger charge is -2.19. The van der Waals surface area contributed by atoms with Gasteiger partial charge >= 0.3 is 12.1 Å². The van der Waals surface area contributed by atoms with Crippen LogP contribution in [0.5, 0.6) is 5.75 Å². The Hall–Kier alpha value is -2.61. The van der Waals surface area contributed by atoms with E-state index in [-0.39, 0.29) is 18.3 Å². The third-order valence-corrected chi connectivity index (χ3v) is 3.01. The summed E-state index contributed by atoms with van der Waals surface area (Å²) in [6.07, 6.45) is 0.751. The molecule has 0 aliphatic heterocycles. The maximum absolute atomic E-state index is 12.2. The number of hydrogen-bond donors (Lipinski definition) is 2. The van der Waals surface area contributed by atoms with Crippen LogP contribution in [0.3, 0.4) is 0 Å². The van der Waals surface area contributed by atoms with E-state index in [0.29, 0.717) is 11.3 Å². The normalized spacial score (nSPS) is 10.9. The fourth-order valence-electron chi connectivity index (χ4n) is 1.73. The predicted octanol–water partition coefficient (Wildman–Crippen LogP) is 2.09. The van der Waals surface area contributed by atoms with Crippen LogP contribution in [0.15, 0.2) is 36.9 Å². The Kier molecular flexibility index (Phi) is 8.28. The summed E-state index contributed by atoms with van der Waals surface area (Å²) in [5.41, 5.74) is 0.595. The van der Waals surface area contributed by atoms with Crippen molar-refractivity contribution in [3.8, 4) is 5.75 Å². The van der Waals surface area contributed by atoms with Crippen molar-refractivity contribution in [3.63, 3.8) is 0 Å². The third-order valence-electron chi connectivity index (χ3n) is 2.79. The van der Waals surface area contributed by atoms with E-state index in [1.54, 1.807) is 38.3 Å². The first-order chi connectivity index (χ1) is 11.5. The summed E-state index contributed by atoms with van der Waals surface area (Å²) < 4.78 is 14.9. The SMILES string of the molecule is C=CCOC(=O)C(NC(=S)NC(=O)OCC)c1ccc(OC)cc1. The smallest absolute Gasteiger partial charge is 0.413 e. The summed E-state index contributed by atoms with van der Waals surface area (Å²) in [5.74, 6) is 0.0808. The number of thiocarbonyl (C=S) groups is 1. The lowest BCUT2D eigenvalue weighted by atomic mass is 10.1. The summed E-state index contributed by atoms with van der Waals surface area (Å²) in [6.45, 7) is 5.43. The average Bonchev–Trinajstić information content (AvgIpc) is 2.57. The topological polar surface area (TPSA) is 85.9 Å². The van der Waals surface area contributed by atoms with Crippen LogP contribution in [-0.4, -0.2) is 37.5 Å². The highest BCUT2D eigenvalue weighted by Crippen LogP contribution is 2.19. The average molecular weight is 352 g/mol. The van der Waals surface area contributed by atoms with Crippen LogP contribution in [0.1, 0.15) is 18.5 Å². The summed E-state index contributed by atoms with van der Waals surface area (Å²) >= 11 is 5.03. The molecule has 130 valence electrons. The lowest BCUT2D eigenvalue weighted by molar-refractivity contribution is -0.144. The van der Waals surface area contributed by atoms with Crippen molar-refractivity contribution in [1.29, 1.82) is 0 Å². The van der Waals surface area contributed by atoms with Gasteiger partial charge in [-0.3, -0.25) is 5.32 Å². The molecule has 1 unspecified atom stereocenters. The fourth-order valence-corrected chi connectivity index (χ4v) is 1.93. The third kappa shape index (κ3) is 6.25. The van der Waals surface area contributed by atoms with Gasteiger partial charge in [-0.25, -0.2) is 9.59 Å². The number of carbonyl (C=O) groups excluding carboxylic acids is 2. The molecule has 1 rings (SSSR count). The molecule has 0 aliphatic rings. The van der Waals surface area contributed by atoms with Gasteiger partial charge in [0.15, 0.2) is 11.2 Å². The van der Waals surface area contributed by atoms with Crippen LogP contribution in [0.25, 0.3) is 0 Å². The fraction of sp³-hybridized carbons (Fsp3) is 0.312. The first-order valence-electron chi connectivity index (χ1n) is 7.17. The van der Waals surface area contributed by atoms with Crippen molar-refractivity contribution in [1.82, 2.24) is 10.6 Å². The molecule has 0 saturated carbocycles. The lowest BCUT2D eigenvalue weighted by Crippen LogP contribution is -2.43. The Morgan fingerprint density at radius 2 is 1.96 bits per heavy atom. The molecule has 0 fully saturated rings. The molecule has 0 aromatic heterocycles. The zero-order valence-corrected chi connectivity index (χ0v) is 14.4. The molecule has 0 bridgehead atoms. The number of esters is 1. The molecule has 7 nitrogen and oxygen atoms in total.